The molecule has 0 aromatic rings. The van der Waals surface area contributed by atoms with Crippen molar-refractivity contribution in [2.45, 2.75) is 51.9 Å². The largest absolute Gasteiger partial charge is 1.00 e. The van der Waals surface area contributed by atoms with Crippen LogP contribution in [0.2, 0.25) is 0 Å². The van der Waals surface area contributed by atoms with Gasteiger partial charge in [-0.2, -0.15) is 0 Å². The van der Waals surface area contributed by atoms with Crippen molar-refractivity contribution in [2.24, 2.45) is 0 Å². The summed E-state index contributed by atoms with van der Waals surface area (Å²) in [6.45, 7) is 2.19. The monoisotopic (exact) mass is 256 g/mol. The number of hydrogen-bond donors (Lipinski definition) is 0. The zero-order valence-corrected chi connectivity index (χ0v) is 13.3. The number of rotatable bonds is 9. The van der Waals surface area contributed by atoms with Crippen molar-refractivity contribution in [1.82, 2.24) is 0 Å². The summed E-state index contributed by atoms with van der Waals surface area (Å²) < 4.78 is 30.7. The van der Waals surface area contributed by atoms with E-state index in [2.05, 4.69) is 6.92 Å². The average Bonchev–Trinajstić information content (AvgIpc) is 2.14. The first-order chi connectivity index (χ1) is 7.06. The van der Waals surface area contributed by atoms with Crippen LogP contribution in [0.3, 0.4) is 0 Å². The van der Waals surface area contributed by atoms with Crippen LogP contribution in [0.15, 0.2) is 12.2 Å². The minimum Gasteiger partial charge on any atom is -0.748 e. The summed E-state index contributed by atoms with van der Waals surface area (Å²) in [6, 6.07) is 0. The molecule has 0 aromatic heterocycles. The van der Waals surface area contributed by atoms with Crippen molar-refractivity contribution in [3.05, 3.63) is 12.2 Å². The van der Waals surface area contributed by atoms with Gasteiger partial charge in [-0.1, -0.05) is 51.2 Å². The van der Waals surface area contributed by atoms with E-state index in [1.807, 2.05) is 0 Å². The first-order valence-corrected chi connectivity index (χ1v) is 7.22. The Kier molecular flexibility index (Phi) is 14.4. The van der Waals surface area contributed by atoms with Crippen LogP contribution in [-0.2, 0) is 10.1 Å². The molecule has 0 spiro atoms. The van der Waals surface area contributed by atoms with Gasteiger partial charge in [0.1, 0.15) is 0 Å². The van der Waals surface area contributed by atoms with Crippen molar-refractivity contribution in [1.29, 1.82) is 0 Å². The third kappa shape index (κ3) is 17.1. The maximum Gasteiger partial charge on any atom is 1.00 e. The Bertz CT molecular complexity index is 260. The summed E-state index contributed by atoms with van der Waals surface area (Å²) >= 11 is 0. The molecule has 0 fully saturated rings. The molecule has 0 N–H and O–H groups in total. The smallest absolute Gasteiger partial charge is 0.748 e. The van der Waals surface area contributed by atoms with E-state index in [4.69, 9.17) is 0 Å². The minimum atomic E-state index is -4.07. The van der Waals surface area contributed by atoms with Gasteiger partial charge in [-0.05, 0) is 12.8 Å². The van der Waals surface area contributed by atoms with E-state index in [1.165, 1.54) is 38.2 Å². The molecule has 5 heteroatoms. The summed E-state index contributed by atoms with van der Waals surface area (Å²) in [5.41, 5.74) is 0. The van der Waals surface area contributed by atoms with Gasteiger partial charge in [0, 0.05) is 0 Å². The first-order valence-electron chi connectivity index (χ1n) is 5.65. The van der Waals surface area contributed by atoms with Gasteiger partial charge in [0.15, 0.2) is 0 Å². The molecule has 0 heterocycles. The standard InChI is InChI=1S/C11H22O3S.Na/c1-2-3-4-5-6-7-8-9-10-11-15(12,13)14;/h9-10H,2-8,11H2,1H3,(H,12,13,14);/q;+1/p-1. The van der Waals surface area contributed by atoms with Crippen molar-refractivity contribution < 1.29 is 42.5 Å². The summed E-state index contributed by atoms with van der Waals surface area (Å²) in [5, 5.41) is 0. The first kappa shape index (κ1) is 19.0. The molecular weight excluding hydrogens is 235 g/mol. The zero-order valence-electron chi connectivity index (χ0n) is 10.4. The van der Waals surface area contributed by atoms with Gasteiger partial charge in [0.05, 0.1) is 15.9 Å². The fourth-order valence-electron chi connectivity index (χ4n) is 1.35. The predicted molar refractivity (Wildman–Crippen MR) is 61.7 cm³/mol. The molecule has 0 amide bonds. The van der Waals surface area contributed by atoms with Crippen LogP contribution in [0.25, 0.3) is 0 Å². The Hall–Kier alpha value is 0.650. The topological polar surface area (TPSA) is 57.2 Å². The Balaban J connectivity index is 0. The van der Waals surface area contributed by atoms with Crippen LogP contribution >= 0.6 is 0 Å². The molecule has 0 unspecified atom stereocenters. The van der Waals surface area contributed by atoms with Gasteiger partial charge in [-0.3, -0.25) is 0 Å². The van der Waals surface area contributed by atoms with Crippen molar-refractivity contribution in [2.75, 3.05) is 5.75 Å². The molecule has 0 aliphatic heterocycles. The minimum absolute atomic E-state index is 0. The van der Waals surface area contributed by atoms with E-state index >= 15 is 0 Å². The van der Waals surface area contributed by atoms with Crippen molar-refractivity contribution >= 4 is 10.1 Å². The molecule has 16 heavy (non-hydrogen) atoms. The van der Waals surface area contributed by atoms with Crippen LogP contribution in [0.4, 0.5) is 0 Å². The van der Waals surface area contributed by atoms with Gasteiger partial charge in [0.25, 0.3) is 0 Å². The van der Waals surface area contributed by atoms with Crippen LogP contribution < -0.4 is 29.6 Å². The van der Waals surface area contributed by atoms with Crippen LogP contribution in [0, 0.1) is 0 Å². The molecule has 0 aromatic carbocycles. The summed E-state index contributed by atoms with van der Waals surface area (Å²) in [4.78, 5) is 0. The van der Waals surface area contributed by atoms with Gasteiger partial charge >= 0.3 is 29.6 Å². The van der Waals surface area contributed by atoms with E-state index in [9.17, 15) is 13.0 Å². The van der Waals surface area contributed by atoms with Gasteiger partial charge < -0.3 is 4.55 Å². The maximum atomic E-state index is 10.2. The zero-order chi connectivity index (χ0) is 11.6. The van der Waals surface area contributed by atoms with E-state index in [0.29, 0.717) is 0 Å². The predicted octanol–water partition coefficient (Wildman–Crippen LogP) is -0.158. The van der Waals surface area contributed by atoms with Crippen LogP contribution in [0.1, 0.15) is 51.9 Å². The SMILES string of the molecule is CCCCCCCCC=CCS(=O)(=O)[O-].[Na+]. The Labute approximate surface area is 122 Å². The van der Waals surface area contributed by atoms with Gasteiger partial charge in [0.2, 0.25) is 0 Å². The van der Waals surface area contributed by atoms with Gasteiger partial charge in [-0.15, -0.1) is 0 Å². The van der Waals surface area contributed by atoms with Crippen LogP contribution in [0.5, 0.6) is 0 Å². The number of unbranched alkanes of at least 4 members (excludes halogenated alkanes) is 6. The molecule has 0 aliphatic rings. The molecule has 0 aliphatic carbocycles. The average molecular weight is 256 g/mol. The Morgan fingerprint density at radius 2 is 1.56 bits per heavy atom. The second-order valence-electron chi connectivity index (χ2n) is 3.75. The van der Waals surface area contributed by atoms with E-state index in [0.717, 1.165) is 12.8 Å². The van der Waals surface area contributed by atoms with Gasteiger partial charge in [-0.25, -0.2) is 8.42 Å². The summed E-state index contributed by atoms with van der Waals surface area (Å²) in [7, 11) is -4.07. The fourth-order valence-corrected chi connectivity index (χ4v) is 1.72. The molecule has 0 radical (unpaired) electrons. The third-order valence-electron chi connectivity index (χ3n) is 2.19. The maximum absolute atomic E-state index is 10.2. The van der Waals surface area contributed by atoms with Crippen molar-refractivity contribution in [3.63, 3.8) is 0 Å². The normalized spacial score (nSPS) is 11.6. The quantitative estimate of drug-likeness (QED) is 0.249. The summed E-state index contributed by atoms with van der Waals surface area (Å²) in [6.07, 6.45) is 11.5. The molecule has 3 nitrogen and oxygen atoms in total. The van der Waals surface area contributed by atoms with E-state index < -0.39 is 10.1 Å². The van der Waals surface area contributed by atoms with E-state index in [1.54, 1.807) is 6.08 Å². The number of allylic oxidation sites excluding steroid dienone is 1. The molecule has 0 bridgehead atoms. The van der Waals surface area contributed by atoms with Crippen LogP contribution in [-0.4, -0.2) is 18.7 Å². The molecule has 0 atom stereocenters. The summed E-state index contributed by atoms with van der Waals surface area (Å²) in [5.74, 6) is -0.372. The second kappa shape index (κ2) is 12.1. The fraction of sp³-hybridized carbons (Fsp3) is 0.818. The second-order valence-corrected chi connectivity index (χ2v) is 5.20. The Morgan fingerprint density at radius 1 is 1.00 bits per heavy atom. The number of hydrogen-bond acceptors (Lipinski definition) is 3. The molecular formula is C11H21NaO3S. The third-order valence-corrected chi connectivity index (χ3v) is 2.79. The van der Waals surface area contributed by atoms with E-state index in [-0.39, 0.29) is 35.3 Å². The molecule has 0 saturated heterocycles. The van der Waals surface area contributed by atoms with Crippen molar-refractivity contribution in [3.8, 4) is 0 Å². The molecule has 0 saturated carbocycles. The molecule has 0 rings (SSSR count). The molecule has 90 valence electrons. The Morgan fingerprint density at radius 3 is 2.12 bits per heavy atom.